The lowest BCUT2D eigenvalue weighted by molar-refractivity contribution is 0.0724. The smallest absolute Gasteiger partial charge is 0.324 e. The summed E-state index contributed by atoms with van der Waals surface area (Å²) < 4.78 is 5.49. The molecule has 100 valence electrons. The average molecular weight is 282 g/mol. The van der Waals surface area contributed by atoms with E-state index in [0.717, 1.165) is 5.69 Å². The number of hydrogen-bond donors (Lipinski definition) is 1. The molecule has 0 aliphatic carbocycles. The van der Waals surface area contributed by atoms with Crippen molar-refractivity contribution in [2.45, 2.75) is 39.3 Å². The molecule has 0 aliphatic heterocycles. The zero-order chi connectivity index (χ0) is 14.0. The van der Waals surface area contributed by atoms with Gasteiger partial charge in [-0.1, -0.05) is 25.7 Å². The first-order valence-electron chi connectivity index (χ1n) is 6.18. The molecule has 1 aromatic rings. The predicted octanol–water partition coefficient (Wildman–Crippen LogP) is 3.93. The van der Waals surface area contributed by atoms with Gasteiger partial charge in [-0.2, -0.15) is 0 Å². The highest BCUT2D eigenvalue weighted by atomic mass is 28.4. The van der Waals surface area contributed by atoms with Crippen LogP contribution in [0.3, 0.4) is 0 Å². The lowest BCUT2D eigenvalue weighted by Gasteiger charge is -2.21. The lowest BCUT2D eigenvalue weighted by Crippen LogP contribution is -2.32. The number of carbonyl (C=O) groups is 1. The standard InChI is InChI=1S/C13H23NO2Si2/c1-17(2,3)14-12-9-7-8-11(10-12)13(15)16-18(4,5)6/h7-10,14H,1-6H3. The van der Waals surface area contributed by atoms with Gasteiger partial charge in [0.05, 0.1) is 5.56 Å². The van der Waals surface area contributed by atoms with Crippen molar-refractivity contribution in [2.24, 2.45) is 0 Å². The van der Waals surface area contributed by atoms with Crippen LogP contribution in [-0.4, -0.2) is 22.5 Å². The zero-order valence-electron chi connectivity index (χ0n) is 12.1. The number of hydrogen-bond acceptors (Lipinski definition) is 3. The molecule has 0 heterocycles. The van der Waals surface area contributed by atoms with Gasteiger partial charge in [0.1, 0.15) is 8.24 Å². The molecule has 0 unspecified atom stereocenters. The maximum atomic E-state index is 12.0. The molecular weight excluding hydrogens is 258 g/mol. The fourth-order valence-electron chi connectivity index (χ4n) is 1.49. The second kappa shape index (κ2) is 5.28. The van der Waals surface area contributed by atoms with Crippen LogP contribution >= 0.6 is 0 Å². The van der Waals surface area contributed by atoms with E-state index in [1.807, 2.05) is 37.8 Å². The van der Waals surface area contributed by atoms with Crippen molar-refractivity contribution in [2.75, 3.05) is 4.98 Å². The fraction of sp³-hybridized carbons (Fsp3) is 0.462. The Morgan fingerprint density at radius 1 is 1.11 bits per heavy atom. The Bertz CT molecular complexity index is 433. The quantitative estimate of drug-likeness (QED) is 0.850. The highest BCUT2D eigenvalue weighted by molar-refractivity contribution is 6.79. The highest BCUT2D eigenvalue weighted by Crippen LogP contribution is 2.16. The molecule has 0 saturated carbocycles. The fourth-order valence-corrected chi connectivity index (χ4v) is 3.19. The van der Waals surface area contributed by atoms with Crippen molar-refractivity contribution in [3.8, 4) is 0 Å². The molecule has 3 nitrogen and oxygen atoms in total. The minimum absolute atomic E-state index is 0.214. The van der Waals surface area contributed by atoms with Crippen LogP contribution in [-0.2, 0) is 4.43 Å². The summed E-state index contributed by atoms with van der Waals surface area (Å²) in [6.45, 7) is 12.7. The largest absolute Gasteiger partial charge is 0.516 e. The average Bonchev–Trinajstić information content (AvgIpc) is 2.12. The molecule has 0 aromatic heterocycles. The molecule has 1 rings (SSSR count). The van der Waals surface area contributed by atoms with Crippen molar-refractivity contribution < 1.29 is 9.22 Å². The van der Waals surface area contributed by atoms with Crippen LogP contribution in [0.1, 0.15) is 10.4 Å². The molecule has 0 radical (unpaired) electrons. The molecule has 0 atom stereocenters. The Labute approximate surface area is 112 Å². The van der Waals surface area contributed by atoms with E-state index in [2.05, 4.69) is 24.6 Å². The summed E-state index contributed by atoms with van der Waals surface area (Å²) in [5.41, 5.74) is 1.62. The van der Waals surface area contributed by atoms with E-state index in [1.54, 1.807) is 6.07 Å². The zero-order valence-corrected chi connectivity index (χ0v) is 14.1. The van der Waals surface area contributed by atoms with Crippen LogP contribution in [0.15, 0.2) is 24.3 Å². The molecule has 0 aliphatic rings. The van der Waals surface area contributed by atoms with Gasteiger partial charge in [0.15, 0.2) is 0 Å². The first-order valence-corrected chi connectivity index (χ1v) is 13.1. The van der Waals surface area contributed by atoms with Gasteiger partial charge >= 0.3 is 5.97 Å². The maximum Gasteiger partial charge on any atom is 0.324 e. The Balaban J connectivity index is 2.85. The minimum Gasteiger partial charge on any atom is -0.516 e. The molecule has 0 bridgehead atoms. The summed E-state index contributed by atoms with van der Waals surface area (Å²) in [6.07, 6.45) is 0. The molecule has 18 heavy (non-hydrogen) atoms. The molecule has 0 amide bonds. The van der Waals surface area contributed by atoms with Gasteiger partial charge in [-0.05, 0) is 37.8 Å². The van der Waals surface area contributed by atoms with Crippen LogP contribution in [0.2, 0.25) is 39.3 Å². The van der Waals surface area contributed by atoms with Crippen molar-refractivity contribution >= 4 is 28.2 Å². The lowest BCUT2D eigenvalue weighted by atomic mass is 10.2. The van der Waals surface area contributed by atoms with Crippen LogP contribution in [0.4, 0.5) is 5.69 Å². The van der Waals surface area contributed by atoms with Gasteiger partial charge < -0.3 is 9.41 Å². The highest BCUT2D eigenvalue weighted by Gasteiger charge is 2.21. The van der Waals surface area contributed by atoms with Crippen molar-refractivity contribution in [3.05, 3.63) is 29.8 Å². The maximum absolute atomic E-state index is 12.0. The third-order valence-corrected chi connectivity index (χ3v) is 3.85. The van der Waals surface area contributed by atoms with Gasteiger partial charge in [0.2, 0.25) is 8.32 Å². The molecule has 0 fully saturated rings. The van der Waals surface area contributed by atoms with E-state index < -0.39 is 16.6 Å². The van der Waals surface area contributed by atoms with Crippen molar-refractivity contribution in [1.29, 1.82) is 0 Å². The Hall–Kier alpha value is -1.08. The first kappa shape index (κ1) is 15.0. The normalized spacial score (nSPS) is 12.1. The second-order valence-corrected chi connectivity index (χ2v) is 15.6. The molecule has 0 saturated heterocycles. The monoisotopic (exact) mass is 281 g/mol. The number of carbonyl (C=O) groups excluding carboxylic acids is 1. The van der Waals surface area contributed by atoms with Crippen molar-refractivity contribution in [1.82, 2.24) is 0 Å². The molecule has 0 spiro atoms. The van der Waals surface area contributed by atoms with Gasteiger partial charge in [-0.3, -0.25) is 0 Å². The van der Waals surface area contributed by atoms with E-state index >= 15 is 0 Å². The van der Waals surface area contributed by atoms with Gasteiger partial charge in [0, 0.05) is 5.69 Å². The summed E-state index contributed by atoms with van der Waals surface area (Å²) in [5, 5.41) is 0. The number of nitrogens with one attached hydrogen (secondary N) is 1. The van der Waals surface area contributed by atoms with Crippen LogP contribution < -0.4 is 4.98 Å². The van der Waals surface area contributed by atoms with Gasteiger partial charge in [-0.25, -0.2) is 4.79 Å². The van der Waals surface area contributed by atoms with Crippen LogP contribution in [0.25, 0.3) is 0 Å². The first-order chi connectivity index (χ1) is 8.07. The van der Waals surface area contributed by atoms with E-state index in [4.69, 9.17) is 4.43 Å². The number of anilines is 1. The van der Waals surface area contributed by atoms with Gasteiger partial charge in [-0.15, -0.1) is 0 Å². The molecule has 1 aromatic carbocycles. The molecule has 5 heteroatoms. The topological polar surface area (TPSA) is 38.3 Å². The Morgan fingerprint density at radius 2 is 1.72 bits per heavy atom. The Morgan fingerprint density at radius 3 is 2.22 bits per heavy atom. The van der Waals surface area contributed by atoms with E-state index in [0.29, 0.717) is 5.56 Å². The molecule has 1 N–H and O–H groups in total. The third-order valence-electron chi connectivity index (χ3n) is 2.02. The van der Waals surface area contributed by atoms with Gasteiger partial charge in [0.25, 0.3) is 0 Å². The molecular formula is C13H23NO2Si2. The third kappa shape index (κ3) is 5.51. The van der Waals surface area contributed by atoms with E-state index in [9.17, 15) is 4.79 Å². The predicted molar refractivity (Wildman–Crippen MR) is 82.2 cm³/mol. The number of benzene rings is 1. The van der Waals surface area contributed by atoms with E-state index in [-0.39, 0.29) is 5.97 Å². The van der Waals surface area contributed by atoms with Crippen LogP contribution in [0, 0.1) is 0 Å². The SMILES string of the molecule is C[Si](C)(C)Nc1cccc(C(=O)O[Si](C)(C)C)c1. The summed E-state index contributed by atoms with van der Waals surface area (Å²) in [7, 11) is -3.22. The van der Waals surface area contributed by atoms with Crippen molar-refractivity contribution in [3.63, 3.8) is 0 Å². The van der Waals surface area contributed by atoms with E-state index in [1.165, 1.54) is 0 Å². The summed E-state index contributed by atoms with van der Waals surface area (Å²) in [4.78, 5) is 15.5. The Kier molecular flexibility index (Phi) is 4.39. The summed E-state index contributed by atoms with van der Waals surface area (Å²) >= 11 is 0. The number of rotatable bonds is 4. The minimum atomic E-state index is -1.83. The second-order valence-electron chi connectivity index (χ2n) is 6.46. The summed E-state index contributed by atoms with van der Waals surface area (Å²) in [5.74, 6) is -0.214. The summed E-state index contributed by atoms with van der Waals surface area (Å²) in [6, 6.07) is 7.56. The van der Waals surface area contributed by atoms with Crippen LogP contribution in [0.5, 0.6) is 0 Å².